The van der Waals surface area contributed by atoms with Gasteiger partial charge in [-0.3, -0.25) is 0 Å². The van der Waals surface area contributed by atoms with Crippen LogP contribution in [0.4, 0.5) is 0 Å². The molecule has 2 rings (SSSR count). The van der Waals surface area contributed by atoms with E-state index in [0.29, 0.717) is 0 Å². The lowest BCUT2D eigenvalue weighted by Gasteiger charge is -2.35. The smallest absolute Gasteiger partial charge is 0.0933 e. The summed E-state index contributed by atoms with van der Waals surface area (Å²) in [6.07, 6.45) is 6.53. The first-order chi connectivity index (χ1) is 8.63. The molecule has 1 aliphatic rings. The Morgan fingerprint density at radius 3 is 2.61 bits per heavy atom. The highest BCUT2D eigenvalue weighted by molar-refractivity contribution is 7.11. The molecule has 1 saturated carbocycles. The van der Waals surface area contributed by atoms with Crippen molar-refractivity contribution in [2.75, 3.05) is 6.54 Å². The minimum Gasteiger partial charge on any atom is -0.330 e. The molecule has 2 N–H and O–H groups in total. The van der Waals surface area contributed by atoms with Crippen molar-refractivity contribution in [2.45, 2.75) is 52.9 Å². The SMILES string of the molecule is CCC1CCC(CN)C(Cc2nc(C)c(C)s2)C1. The summed E-state index contributed by atoms with van der Waals surface area (Å²) in [6.45, 7) is 7.46. The number of aryl methyl sites for hydroxylation is 2. The van der Waals surface area contributed by atoms with E-state index in [0.717, 1.165) is 30.7 Å². The van der Waals surface area contributed by atoms with Gasteiger partial charge in [0, 0.05) is 11.3 Å². The van der Waals surface area contributed by atoms with Crippen LogP contribution in [-0.4, -0.2) is 11.5 Å². The lowest BCUT2D eigenvalue weighted by atomic mass is 9.72. The van der Waals surface area contributed by atoms with Crippen LogP contribution in [0.15, 0.2) is 0 Å². The number of hydrogen-bond acceptors (Lipinski definition) is 3. The molecule has 0 amide bonds. The van der Waals surface area contributed by atoms with Gasteiger partial charge in [-0.2, -0.15) is 0 Å². The number of hydrogen-bond donors (Lipinski definition) is 1. The van der Waals surface area contributed by atoms with Gasteiger partial charge >= 0.3 is 0 Å². The first-order valence-corrected chi connectivity index (χ1v) is 8.08. The van der Waals surface area contributed by atoms with E-state index in [1.165, 1.54) is 41.3 Å². The van der Waals surface area contributed by atoms with E-state index in [9.17, 15) is 0 Å². The third-order valence-electron chi connectivity index (χ3n) is 4.64. The lowest BCUT2D eigenvalue weighted by molar-refractivity contribution is 0.179. The topological polar surface area (TPSA) is 38.9 Å². The fourth-order valence-electron chi connectivity index (χ4n) is 3.21. The Kier molecular flexibility index (Phi) is 4.79. The summed E-state index contributed by atoms with van der Waals surface area (Å²) in [5, 5.41) is 1.32. The van der Waals surface area contributed by atoms with Crippen LogP contribution in [0.2, 0.25) is 0 Å². The fraction of sp³-hybridized carbons (Fsp3) is 0.800. The maximum Gasteiger partial charge on any atom is 0.0933 e. The van der Waals surface area contributed by atoms with Gasteiger partial charge in [0.1, 0.15) is 0 Å². The van der Waals surface area contributed by atoms with Gasteiger partial charge in [-0.1, -0.05) is 19.8 Å². The van der Waals surface area contributed by atoms with Gasteiger partial charge in [-0.15, -0.1) is 11.3 Å². The Bertz CT molecular complexity index is 366. The van der Waals surface area contributed by atoms with E-state index in [1.54, 1.807) is 0 Å². The van der Waals surface area contributed by atoms with E-state index in [2.05, 4.69) is 20.8 Å². The average Bonchev–Trinajstić information content (AvgIpc) is 2.68. The molecule has 0 radical (unpaired) electrons. The van der Waals surface area contributed by atoms with E-state index >= 15 is 0 Å². The first kappa shape index (κ1) is 14.0. The maximum absolute atomic E-state index is 5.95. The molecule has 1 aromatic heterocycles. The quantitative estimate of drug-likeness (QED) is 0.902. The molecule has 0 spiro atoms. The molecule has 1 heterocycles. The van der Waals surface area contributed by atoms with E-state index in [4.69, 9.17) is 10.7 Å². The zero-order valence-electron chi connectivity index (χ0n) is 11.9. The van der Waals surface area contributed by atoms with Crippen LogP contribution < -0.4 is 5.73 Å². The minimum atomic E-state index is 0.720. The zero-order chi connectivity index (χ0) is 13.1. The van der Waals surface area contributed by atoms with Crippen LogP contribution in [0, 0.1) is 31.6 Å². The van der Waals surface area contributed by atoms with Crippen molar-refractivity contribution in [3.05, 3.63) is 15.6 Å². The van der Waals surface area contributed by atoms with Crippen molar-refractivity contribution in [1.29, 1.82) is 0 Å². The highest BCUT2D eigenvalue weighted by Gasteiger charge is 2.29. The Morgan fingerprint density at radius 1 is 1.28 bits per heavy atom. The van der Waals surface area contributed by atoms with Crippen molar-refractivity contribution in [1.82, 2.24) is 4.98 Å². The second kappa shape index (κ2) is 6.16. The molecule has 1 fully saturated rings. The highest BCUT2D eigenvalue weighted by Crippen LogP contribution is 2.37. The molecule has 0 aromatic carbocycles. The van der Waals surface area contributed by atoms with Crippen LogP contribution in [0.5, 0.6) is 0 Å². The van der Waals surface area contributed by atoms with Gasteiger partial charge in [-0.25, -0.2) is 4.98 Å². The molecule has 0 aliphatic heterocycles. The average molecular weight is 266 g/mol. The van der Waals surface area contributed by atoms with E-state index in [1.807, 2.05) is 11.3 Å². The largest absolute Gasteiger partial charge is 0.330 e. The number of nitrogens with two attached hydrogens (primary N) is 1. The second-order valence-corrected chi connectivity index (χ2v) is 7.08. The molecule has 0 bridgehead atoms. The number of nitrogens with zero attached hydrogens (tertiary/aromatic N) is 1. The van der Waals surface area contributed by atoms with Crippen molar-refractivity contribution in [2.24, 2.45) is 23.5 Å². The molecule has 18 heavy (non-hydrogen) atoms. The van der Waals surface area contributed by atoms with E-state index in [-0.39, 0.29) is 0 Å². The molecule has 3 unspecified atom stereocenters. The summed E-state index contributed by atoms with van der Waals surface area (Å²) in [5.41, 5.74) is 7.16. The summed E-state index contributed by atoms with van der Waals surface area (Å²) in [4.78, 5) is 6.07. The molecule has 0 saturated heterocycles. The summed E-state index contributed by atoms with van der Waals surface area (Å²) < 4.78 is 0. The Morgan fingerprint density at radius 2 is 2.06 bits per heavy atom. The van der Waals surface area contributed by atoms with Crippen LogP contribution >= 0.6 is 11.3 Å². The molecule has 3 atom stereocenters. The third kappa shape index (κ3) is 3.12. The number of rotatable bonds is 4. The maximum atomic E-state index is 5.95. The fourth-order valence-corrected chi connectivity index (χ4v) is 4.23. The second-order valence-electron chi connectivity index (χ2n) is 5.80. The Balaban J connectivity index is 2.04. The summed E-state index contributed by atoms with van der Waals surface area (Å²) in [5.74, 6) is 2.40. The molecule has 2 nitrogen and oxygen atoms in total. The predicted octanol–water partition coefficient (Wildman–Crippen LogP) is 3.70. The van der Waals surface area contributed by atoms with E-state index < -0.39 is 0 Å². The van der Waals surface area contributed by atoms with Crippen LogP contribution in [0.3, 0.4) is 0 Å². The summed E-state index contributed by atoms with van der Waals surface area (Å²) in [7, 11) is 0. The Hall–Kier alpha value is -0.410. The standard InChI is InChI=1S/C15H26N2S/c1-4-12-5-6-13(9-16)14(7-12)8-15-17-10(2)11(3)18-15/h12-14H,4-9,16H2,1-3H3. The molecule has 3 heteroatoms. The normalized spacial score (nSPS) is 28.6. The van der Waals surface area contributed by atoms with Crippen molar-refractivity contribution in [3.8, 4) is 0 Å². The minimum absolute atomic E-state index is 0.720. The summed E-state index contributed by atoms with van der Waals surface area (Å²) >= 11 is 1.88. The van der Waals surface area contributed by atoms with Gasteiger partial charge < -0.3 is 5.73 Å². The predicted molar refractivity (Wildman–Crippen MR) is 79.0 cm³/mol. The summed E-state index contributed by atoms with van der Waals surface area (Å²) in [6, 6.07) is 0. The van der Waals surface area contributed by atoms with Crippen LogP contribution in [-0.2, 0) is 6.42 Å². The van der Waals surface area contributed by atoms with Gasteiger partial charge in [-0.05, 0) is 51.0 Å². The lowest BCUT2D eigenvalue weighted by Crippen LogP contribution is -2.31. The van der Waals surface area contributed by atoms with Crippen molar-refractivity contribution in [3.63, 3.8) is 0 Å². The molecular weight excluding hydrogens is 240 g/mol. The zero-order valence-corrected chi connectivity index (χ0v) is 12.7. The van der Waals surface area contributed by atoms with Crippen molar-refractivity contribution >= 4 is 11.3 Å². The van der Waals surface area contributed by atoms with Crippen molar-refractivity contribution < 1.29 is 0 Å². The molecular formula is C15H26N2S. The van der Waals surface area contributed by atoms with Gasteiger partial charge in [0.25, 0.3) is 0 Å². The van der Waals surface area contributed by atoms with Gasteiger partial charge in [0.05, 0.1) is 10.7 Å². The molecule has 1 aliphatic carbocycles. The van der Waals surface area contributed by atoms with Crippen LogP contribution in [0.25, 0.3) is 0 Å². The van der Waals surface area contributed by atoms with Crippen LogP contribution in [0.1, 0.15) is 48.2 Å². The monoisotopic (exact) mass is 266 g/mol. The number of aromatic nitrogens is 1. The number of thiazole rings is 1. The first-order valence-electron chi connectivity index (χ1n) is 7.27. The third-order valence-corrected chi connectivity index (χ3v) is 5.73. The Labute approximate surface area is 115 Å². The van der Waals surface area contributed by atoms with Gasteiger partial charge in [0.15, 0.2) is 0 Å². The molecule has 1 aromatic rings. The highest BCUT2D eigenvalue weighted by atomic mass is 32.1. The van der Waals surface area contributed by atoms with Gasteiger partial charge in [0.2, 0.25) is 0 Å². The molecule has 102 valence electrons.